The van der Waals surface area contributed by atoms with Crippen molar-refractivity contribution in [3.8, 4) is 0 Å². The van der Waals surface area contributed by atoms with Gasteiger partial charge in [0.2, 0.25) is 0 Å². The number of hydrazine groups is 1. The van der Waals surface area contributed by atoms with Gasteiger partial charge in [0, 0.05) is 6.20 Å². The first-order valence-corrected chi connectivity index (χ1v) is 5.34. The molecular formula is C12H19N3. The third-order valence-electron chi connectivity index (χ3n) is 2.50. The second kappa shape index (κ2) is 6.32. The van der Waals surface area contributed by atoms with E-state index in [4.69, 9.17) is 5.84 Å². The van der Waals surface area contributed by atoms with Crippen LogP contribution >= 0.6 is 0 Å². The molecule has 0 saturated heterocycles. The maximum absolute atomic E-state index is 5.54. The lowest BCUT2D eigenvalue weighted by Gasteiger charge is -2.17. The highest BCUT2D eigenvalue weighted by atomic mass is 15.2. The van der Waals surface area contributed by atoms with Crippen LogP contribution in [-0.4, -0.2) is 4.98 Å². The van der Waals surface area contributed by atoms with E-state index in [0.717, 1.165) is 25.0 Å². The molecule has 0 aliphatic rings. The second-order valence-corrected chi connectivity index (χ2v) is 3.49. The Bertz CT molecular complexity index is 309. The SMILES string of the molecule is C=CCCC(NN)c1ncccc1CC. The number of allylic oxidation sites excluding steroid dienone is 1. The molecule has 0 bridgehead atoms. The largest absolute Gasteiger partial charge is 0.271 e. The number of aromatic nitrogens is 1. The lowest BCUT2D eigenvalue weighted by Crippen LogP contribution is -2.29. The zero-order valence-corrected chi connectivity index (χ0v) is 9.24. The molecule has 0 aromatic carbocycles. The molecule has 3 nitrogen and oxygen atoms in total. The van der Waals surface area contributed by atoms with Gasteiger partial charge in [0.15, 0.2) is 0 Å². The molecule has 0 fully saturated rings. The summed E-state index contributed by atoms with van der Waals surface area (Å²) in [5, 5.41) is 0. The Hall–Kier alpha value is -1.19. The Morgan fingerprint density at radius 2 is 2.47 bits per heavy atom. The minimum absolute atomic E-state index is 0.124. The Morgan fingerprint density at radius 3 is 3.07 bits per heavy atom. The van der Waals surface area contributed by atoms with Gasteiger partial charge in [0.1, 0.15) is 0 Å². The highest BCUT2D eigenvalue weighted by Crippen LogP contribution is 2.19. The Kier molecular flexibility index (Phi) is 5.01. The van der Waals surface area contributed by atoms with E-state index >= 15 is 0 Å². The lowest BCUT2D eigenvalue weighted by atomic mass is 10.0. The highest BCUT2D eigenvalue weighted by Gasteiger charge is 2.13. The van der Waals surface area contributed by atoms with Crippen molar-refractivity contribution in [2.75, 3.05) is 0 Å². The zero-order chi connectivity index (χ0) is 11.1. The summed E-state index contributed by atoms with van der Waals surface area (Å²) in [5.41, 5.74) is 5.13. The molecule has 0 aliphatic heterocycles. The Morgan fingerprint density at radius 1 is 1.67 bits per heavy atom. The van der Waals surface area contributed by atoms with Gasteiger partial charge in [-0.2, -0.15) is 0 Å². The average molecular weight is 205 g/mol. The smallest absolute Gasteiger partial charge is 0.0637 e. The van der Waals surface area contributed by atoms with E-state index in [0.29, 0.717) is 0 Å². The zero-order valence-electron chi connectivity index (χ0n) is 9.24. The van der Waals surface area contributed by atoms with Crippen LogP contribution in [0.3, 0.4) is 0 Å². The number of hydrogen-bond acceptors (Lipinski definition) is 3. The van der Waals surface area contributed by atoms with Gasteiger partial charge in [-0.05, 0) is 30.9 Å². The molecule has 82 valence electrons. The molecule has 3 N–H and O–H groups in total. The van der Waals surface area contributed by atoms with Crippen LogP contribution in [0.1, 0.15) is 37.1 Å². The number of nitrogens with one attached hydrogen (secondary N) is 1. The maximum atomic E-state index is 5.54. The third-order valence-corrected chi connectivity index (χ3v) is 2.50. The van der Waals surface area contributed by atoms with E-state index < -0.39 is 0 Å². The van der Waals surface area contributed by atoms with Crippen molar-refractivity contribution in [3.63, 3.8) is 0 Å². The van der Waals surface area contributed by atoms with E-state index in [2.05, 4.69) is 30.0 Å². The monoisotopic (exact) mass is 205 g/mol. The first-order valence-electron chi connectivity index (χ1n) is 5.34. The first kappa shape index (κ1) is 11.9. The van der Waals surface area contributed by atoms with Crippen LogP contribution in [-0.2, 0) is 6.42 Å². The van der Waals surface area contributed by atoms with Gasteiger partial charge < -0.3 is 0 Å². The fraction of sp³-hybridized carbons (Fsp3) is 0.417. The van der Waals surface area contributed by atoms with Crippen molar-refractivity contribution in [1.82, 2.24) is 10.4 Å². The average Bonchev–Trinajstić information content (AvgIpc) is 2.30. The van der Waals surface area contributed by atoms with Gasteiger partial charge in [-0.15, -0.1) is 6.58 Å². The number of nitrogens with two attached hydrogens (primary N) is 1. The van der Waals surface area contributed by atoms with Gasteiger partial charge in [-0.3, -0.25) is 16.3 Å². The van der Waals surface area contributed by atoms with Gasteiger partial charge in [-0.25, -0.2) is 0 Å². The number of rotatable bonds is 6. The van der Waals surface area contributed by atoms with E-state index in [9.17, 15) is 0 Å². The van der Waals surface area contributed by atoms with E-state index in [1.807, 2.05) is 18.3 Å². The number of pyridine rings is 1. The van der Waals surface area contributed by atoms with Crippen LogP contribution < -0.4 is 11.3 Å². The predicted molar refractivity (Wildman–Crippen MR) is 63.1 cm³/mol. The van der Waals surface area contributed by atoms with Gasteiger partial charge >= 0.3 is 0 Å². The maximum Gasteiger partial charge on any atom is 0.0637 e. The molecule has 1 unspecified atom stereocenters. The van der Waals surface area contributed by atoms with Crippen molar-refractivity contribution in [2.24, 2.45) is 5.84 Å². The standard InChI is InChI=1S/C12H19N3/c1-3-5-8-11(15-13)12-10(4-2)7-6-9-14-12/h3,6-7,9,11,15H,1,4-5,8,13H2,2H3. The van der Waals surface area contributed by atoms with E-state index in [1.54, 1.807) is 0 Å². The van der Waals surface area contributed by atoms with Crippen LogP contribution in [0.25, 0.3) is 0 Å². The summed E-state index contributed by atoms with van der Waals surface area (Å²) in [4.78, 5) is 4.40. The molecule has 0 aliphatic carbocycles. The Labute approximate surface area is 91.4 Å². The van der Waals surface area contributed by atoms with Crippen LogP contribution in [0.5, 0.6) is 0 Å². The second-order valence-electron chi connectivity index (χ2n) is 3.49. The third kappa shape index (κ3) is 3.15. The topological polar surface area (TPSA) is 50.9 Å². The first-order chi connectivity index (χ1) is 7.33. The summed E-state index contributed by atoms with van der Waals surface area (Å²) in [5.74, 6) is 5.54. The fourth-order valence-corrected chi connectivity index (χ4v) is 1.65. The minimum Gasteiger partial charge on any atom is -0.271 e. The number of nitrogens with zero attached hydrogens (tertiary/aromatic N) is 1. The van der Waals surface area contributed by atoms with Crippen molar-refractivity contribution in [1.29, 1.82) is 0 Å². The minimum atomic E-state index is 0.124. The number of aryl methyl sites for hydroxylation is 1. The Balaban J connectivity index is 2.84. The molecular weight excluding hydrogens is 186 g/mol. The van der Waals surface area contributed by atoms with Crippen molar-refractivity contribution < 1.29 is 0 Å². The van der Waals surface area contributed by atoms with E-state index in [-0.39, 0.29) is 6.04 Å². The van der Waals surface area contributed by atoms with Crippen LogP contribution in [0, 0.1) is 0 Å². The molecule has 0 saturated carbocycles. The van der Waals surface area contributed by atoms with Gasteiger partial charge in [0.05, 0.1) is 11.7 Å². The van der Waals surface area contributed by atoms with Crippen LogP contribution in [0.15, 0.2) is 31.0 Å². The predicted octanol–water partition coefficient (Wildman–Crippen LogP) is 2.11. The molecule has 15 heavy (non-hydrogen) atoms. The summed E-state index contributed by atoms with van der Waals surface area (Å²) in [6.07, 6.45) is 6.57. The van der Waals surface area contributed by atoms with Crippen LogP contribution in [0.4, 0.5) is 0 Å². The van der Waals surface area contributed by atoms with Gasteiger partial charge in [0.25, 0.3) is 0 Å². The summed E-state index contributed by atoms with van der Waals surface area (Å²) >= 11 is 0. The molecule has 1 aromatic rings. The summed E-state index contributed by atoms with van der Waals surface area (Å²) in [7, 11) is 0. The van der Waals surface area contributed by atoms with Crippen molar-refractivity contribution >= 4 is 0 Å². The molecule has 0 spiro atoms. The quantitative estimate of drug-likeness (QED) is 0.425. The molecule has 1 rings (SSSR count). The number of hydrogen-bond donors (Lipinski definition) is 2. The van der Waals surface area contributed by atoms with E-state index in [1.165, 1.54) is 5.56 Å². The molecule has 1 atom stereocenters. The summed E-state index contributed by atoms with van der Waals surface area (Å²) in [6.45, 7) is 5.84. The fourth-order valence-electron chi connectivity index (χ4n) is 1.65. The lowest BCUT2D eigenvalue weighted by molar-refractivity contribution is 0.504. The molecule has 1 heterocycles. The molecule has 1 aromatic heterocycles. The molecule has 3 heteroatoms. The van der Waals surface area contributed by atoms with Crippen molar-refractivity contribution in [3.05, 3.63) is 42.2 Å². The summed E-state index contributed by atoms with van der Waals surface area (Å²) in [6, 6.07) is 4.18. The van der Waals surface area contributed by atoms with Gasteiger partial charge in [-0.1, -0.05) is 19.1 Å². The highest BCUT2D eigenvalue weighted by molar-refractivity contribution is 5.22. The molecule has 0 radical (unpaired) electrons. The summed E-state index contributed by atoms with van der Waals surface area (Å²) < 4.78 is 0. The van der Waals surface area contributed by atoms with Crippen molar-refractivity contribution in [2.45, 2.75) is 32.2 Å². The normalized spacial score (nSPS) is 12.4. The molecule has 0 amide bonds. The van der Waals surface area contributed by atoms with Crippen LogP contribution in [0.2, 0.25) is 0 Å².